The zero-order valence-corrected chi connectivity index (χ0v) is 9.74. The summed E-state index contributed by atoms with van der Waals surface area (Å²) in [5, 5.41) is 0. The van der Waals surface area contributed by atoms with Crippen LogP contribution in [0.5, 0.6) is 0 Å². The molecule has 1 aromatic heterocycles. The van der Waals surface area contributed by atoms with E-state index in [0.717, 1.165) is 30.3 Å². The first kappa shape index (κ1) is 10.4. The van der Waals surface area contributed by atoms with Crippen LogP contribution in [0, 0.1) is 13.8 Å². The number of anilines is 1. The Kier molecular flexibility index (Phi) is 2.38. The molecule has 4 nitrogen and oxygen atoms in total. The first-order valence-electron chi connectivity index (χ1n) is 5.14. The molecule has 2 rings (SSSR count). The molecule has 0 bridgehead atoms. The fraction of sp³-hybridized carbons (Fsp3) is 0.636. The molecular formula is C11H17N3O. The number of aromatic nitrogens is 2. The van der Waals surface area contributed by atoms with E-state index in [-0.39, 0.29) is 5.60 Å². The van der Waals surface area contributed by atoms with Gasteiger partial charge in [0.2, 0.25) is 0 Å². The van der Waals surface area contributed by atoms with Crippen molar-refractivity contribution in [3.05, 3.63) is 17.6 Å². The summed E-state index contributed by atoms with van der Waals surface area (Å²) in [6, 6.07) is 0. The quantitative estimate of drug-likeness (QED) is 0.733. The SMILES string of the molecule is COC1(C)CN(c2nc(C)ncc2C)C1. The maximum Gasteiger partial charge on any atom is 0.135 e. The second-order valence-electron chi connectivity index (χ2n) is 4.43. The minimum atomic E-state index is -0.00864. The highest BCUT2D eigenvalue weighted by atomic mass is 16.5. The molecule has 0 unspecified atom stereocenters. The Morgan fingerprint density at radius 2 is 2.07 bits per heavy atom. The Hall–Kier alpha value is -1.16. The number of hydrogen-bond donors (Lipinski definition) is 0. The number of methoxy groups -OCH3 is 1. The third-order valence-electron chi connectivity index (χ3n) is 2.91. The summed E-state index contributed by atoms with van der Waals surface area (Å²) < 4.78 is 5.41. The molecule has 1 aromatic rings. The molecule has 0 atom stereocenters. The highest BCUT2D eigenvalue weighted by molar-refractivity contribution is 5.49. The first-order chi connectivity index (χ1) is 7.04. The van der Waals surface area contributed by atoms with Gasteiger partial charge in [-0.1, -0.05) is 0 Å². The van der Waals surface area contributed by atoms with Crippen LogP contribution in [0.4, 0.5) is 5.82 Å². The molecule has 0 amide bonds. The van der Waals surface area contributed by atoms with E-state index in [4.69, 9.17) is 4.74 Å². The summed E-state index contributed by atoms with van der Waals surface area (Å²) in [7, 11) is 1.76. The maximum absolute atomic E-state index is 5.41. The summed E-state index contributed by atoms with van der Waals surface area (Å²) in [6.45, 7) is 7.88. The smallest absolute Gasteiger partial charge is 0.135 e. The van der Waals surface area contributed by atoms with Crippen molar-refractivity contribution < 1.29 is 4.74 Å². The van der Waals surface area contributed by atoms with Gasteiger partial charge in [0.25, 0.3) is 0 Å². The largest absolute Gasteiger partial charge is 0.375 e. The normalized spacial score (nSPS) is 18.8. The molecule has 0 spiro atoms. The van der Waals surface area contributed by atoms with Crippen LogP contribution in [0.15, 0.2) is 6.20 Å². The molecule has 1 aliphatic rings. The third-order valence-corrected chi connectivity index (χ3v) is 2.91. The Labute approximate surface area is 90.3 Å². The van der Waals surface area contributed by atoms with E-state index in [1.807, 2.05) is 20.0 Å². The number of ether oxygens (including phenoxy) is 1. The zero-order chi connectivity index (χ0) is 11.1. The van der Waals surface area contributed by atoms with Crippen molar-refractivity contribution in [3.8, 4) is 0 Å². The lowest BCUT2D eigenvalue weighted by atomic mass is 9.96. The van der Waals surface area contributed by atoms with Gasteiger partial charge in [0.1, 0.15) is 11.6 Å². The van der Waals surface area contributed by atoms with Crippen LogP contribution in [0.2, 0.25) is 0 Å². The molecule has 1 aliphatic heterocycles. The minimum absolute atomic E-state index is 0.00864. The van der Waals surface area contributed by atoms with Crippen LogP contribution in [0.25, 0.3) is 0 Å². The van der Waals surface area contributed by atoms with Crippen molar-refractivity contribution in [1.29, 1.82) is 0 Å². The molecule has 1 fully saturated rings. The van der Waals surface area contributed by atoms with Gasteiger partial charge in [0.15, 0.2) is 0 Å². The van der Waals surface area contributed by atoms with Gasteiger partial charge in [-0.05, 0) is 20.8 Å². The lowest BCUT2D eigenvalue weighted by molar-refractivity contribution is -0.0172. The average molecular weight is 207 g/mol. The highest BCUT2D eigenvalue weighted by Crippen LogP contribution is 2.29. The van der Waals surface area contributed by atoms with Gasteiger partial charge in [0.05, 0.1) is 5.60 Å². The van der Waals surface area contributed by atoms with Gasteiger partial charge in [-0.15, -0.1) is 0 Å². The predicted octanol–water partition coefficient (Wildman–Crippen LogP) is 1.32. The predicted molar refractivity (Wildman–Crippen MR) is 59.1 cm³/mol. The van der Waals surface area contributed by atoms with E-state index in [0.29, 0.717) is 0 Å². The summed E-state index contributed by atoms with van der Waals surface area (Å²) in [5.74, 6) is 1.86. The van der Waals surface area contributed by atoms with Crippen molar-refractivity contribution in [2.24, 2.45) is 0 Å². The fourth-order valence-corrected chi connectivity index (χ4v) is 1.88. The molecule has 4 heteroatoms. The Morgan fingerprint density at radius 1 is 1.40 bits per heavy atom. The van der Waals surface area contributed by atoms with E-state index < -0.39 is 0 Å². The lowest BCUT2D eigenvalue weighted by Gasteiger charge is -2.47. The molecular weight excluding hydrogens is 190 g/mol. The van der Waals surface area contributed by atoms with E-state index >= 15 is 0 Å². The number of hydrogen-bond acceptors (Lipinski definition) is 4. The topological polar surface area (TPSA) is 38.2 Å². The molecule has 0 radical (unpaired) electrons. The molecule has 15 heavy (non-hydrogen) atoms. The number of rotatable bonds is 2. The van der Waals surface area contributed by atoms with E-state index in [1.54, 1.807) is 7.11 Å². The second-order valence-corrected chi connectivity index (χ2v) is 4.43. The van der Waals surface area contributed by atoms with Crippen molar-refractivity contribution in [1.82, 2.24) is 9.97 Å². The third kappa shape index (κ3) is 1.81. The molecule has 0 aliphatic carbocycles. The van der Waals surface area contributed by atoms with Crippen molar-refractivity contribution in [2.45, 2.75) is 26.4 Å². The van der Waals surface area contributed by atoms with Crippen LogP contribution in [0.3, 0.4) is 0 Å². The van der Waals surface area contributed by atoms with Crippen molar-refractivity contribution in [2.75, 3.05) is 25.1 Å². The van der Waals surface area contributed by atoms with E-state index in [9.17, 15) is 0 Å². The van der Waals surface area contributed by atoms with Gasteiger partial charge < -0.3 is 9.64 Å². The monoisotopic (exact) mass is 207 g/mol. The van der Waals surface area contributed by atoms with Crippen LogP contribution in [-0.4, -0.2) is 35.8 Å². The van der Waals surface area contributed by atoms with Gasteiger partial charge >= 0.3 is 0 Å². The Bertz CT molecular complexity index is 372. The Morgan fingerprint density at radius 3 is 2.67 bits per heavy atom. The molecule has 1 saturated heterocycles. The van der Waals surface area contributed by atoms with Crippen LogP contribution in [-0.2, 0) is 4.74 Å². The van der Waals surface area contributed by atoms with E-state index in [1.165, 1.54) is 0 Å². The van der Waals surface area contributed by atoms with Crippen LogP contribution >= 0.6 is 0 Å². The second kappa shape index (κ2) is 3.45. The molecule has 82 valence electrons. The maximum atomic E-state index is 5.41. The molecule has 0 aromatic carbocycles. The summed E-state index contributed by atoms with van der Waals surface area (Å²) in [6.07, 6.45) is 1.88. The number of aryl methyl sites for hydroxylation is 2. The molecule has 0 saturated carbocycles. The fourth-order valence-electron chi connectivity index (χ4n) is 1.88. The average Bonchev–Trinajstić information content (AvgIpc) is 2.17. The van der Waals surface area contributed by atoms with Gasteiger partial charge in [-0.25, -0.2) is 9.97 Å². The van der Waals surface area contributed by atoms with Crippen molar-refractivity contribution in [3.63, 3.8) is 0 Å². The zero-order valence-electron chi connectivity index (χ0n) is 9.74. The summed E-state index contributed by atoms with van der Waals surface area (Å²) >= 11 is 0. The minimum Gasteiger partial charge on any atom is -0.375 e. The van der Waals surface area contributed by atoms with Gasteiger partial charge in [-0.2, -0.15) is 0 Å². The van der Waals surface area contributed by atoms with Gasteiger partial charge in [0, 0.05) is 32.0 Å². The molecule has 0 N–H and O–H groups in total. The van der Waals surface area contributed by atoms with Crippen LogP contribution < -0.4 is 4.90 Å². The molecule has 2 heterocycles. The Balaban J connectivity index is 2.16. The summed E-state index contributed by atoms with van der Waals surface area (Å²) in [5.41, 5.74) is 1.12. The lowest BCUT2D eigenvalue weighted by Crippen LogP contribution is -2.61. The van der Waals surface area contributed by atoms with Gasteiger partial charge in [-0.3, -0.25) is 0 Å². The highest BCUT2D eigenvalue weighted by Gasteiger charge is 2.40. The standard InChI is InChI=1S/C11H17N3O/c1-8-5-12-9(2)13-10(8)14-6-11(3,7-14)15-4/h5H,6-7H2,1-4H3. The first-order valence-corrected chi connectivity index (χ1v) is 5.14. The van der Waals surface area contributed by atoms with Crippen LogP contribution in [0.1, 0.15) is 18.3 Å². The summed E-state index contributed by atoms with van der Waals surface area (Å²) in [4.78, 5) is 10.9. The number of nitrogens with zero attached hydrogens (tertiary/aromatic N) is 3. The van der Waals surface area contributed by atoms with Crippen molar-refractivity contribution >= 4 is 5.82 Å². The van der Waals surface area contributed by atoms with E-state index in [2.05, 4.69) is 21.8 Å².